The quantitative estimate of drug-likeness (QED) is 0.472. The van der Waals surface area contributed by atoms with Gasteiger partial charge in [0.15, 0.2) is 0 Å². The van der Waals surface area contributed by atoms with E-state index in [0.717, 1.165) is 5.56 Å². The fraction of sp³-hybridized carbons (Fsp3) is 0.231. The standard InChI is InChI=1S/C13H14N2O2/c14-8-1-9-17-13(16)7-6-11-2-4-12(10-15)5-3-11/h2-7H,1,8-9,14H2/b7-6+. The van der Waals surface area contributed by atoms with E-state index in [1.165, 1.54) is 6.08 Å². The molecule has 4 nitrogen and oxygen atoms in total. The first-order valence-electron chi connectivity index (χ1n) is 5.31. The van der Waals surface area contributed by atoms with Crippen LogP contribution >= 0.6 is 0 Å². The number of carbonyl (C=O) groups is 1. The van der Waals surface area contributed by atoms with Gasteiger partial charge in [-0.05, 0) is 36.7 Å². The molecule has 0 aromatic heterocycles. The van der Waals surface area contributed by atoms with Gasteiger partial charge in [0.05, 0.1) is 18.2 Å². The smallest absolute Gasteiger partial charge is 0.330 e. The minimum absolute atomic E-state index is 0.340. The molecule has 4 heteroatoms. The van der Waals surface area contributed by atoms with Gasteiger partial charge in [-0.15, -0.1) is 0 Å². The number of esters is 1. The predicted octanol–water partition coefficient (Wildman–Crippen LogP) is 1.46. The summed E-state index contributed by atoms with van der Waals surface area (Å²) < 4.78 is 4.89. The number of nitrogens with two attached hydrogens (primary N) is 1. The zero-order valence-corrected chi connectivity index (χ0v) is 9.43. The van der Waals surface area contributed by atoms with Gasteiger partial charge in [-0.1, -0.05) is 12.1 Å². The first-order chi connectivity index (χ1) is 8.26. The van der Waals surface area contributed by atoms with Crippen LogP contribution in [0.4, 0.5) is 0 Å². The second-order valence-corrected chi connectivity index (χ2v) is 3.38. The molecule has 1 rings (SSSR count). The Hall–Kier alpha value is -2.12. The Bertz CT molecular complexity index is 430. The average molecular weight is 230 g/mol. The summed E-state index contributed by atoms with van der Waals surface area (Å²) in [6.07, 6.45) is 3.67. The van der Waals surface area contributed by atoms with Crippen molar-refractivity contribution in [1.82, 2.24) is 0 Å². The fourth-order valence-electron chi connectivity index (χ4n) is 1.14. The first kappa shape index (κ1) is 12.9. The molecule has 0 amide bonds. The van der Waals surface area contributed by atoms with Crippen LogP contribution in [0.3, 0.4) is 0 Å². The molecule has 0 aliphatic heterocycles. The van der Waals surface area contributed by atoms with Crippen molar-refractivity contribution in [2.24, 2.45) is 5.73 Å². The van der Waals surface area contributed by atoms with Crippen molar-refractivity contribution in [3.63, 3.8) is 0 Å². The van der Waals surface area contributed by atoms with Gasteiger partial charge in [0.1, 0.15) is 0 Å². The van der Waals surface area contributed by atoms with Gasteiger partial charge >= 0.3 is 5.97 Å². The molecule has 0 bridgehead atoms. The van der Waals surface area contributed by atoms with Crippen LogP contribution < -0.4 is 5.73 Å². The van der Waals surface area contributed by atoms with Gasteiger partial charge in [0.25, 0.3) is 0 Å². The number of carbonyl (C=O) groups excluding carboxylic acids is 1. The Morgan fingerprint density at radius 3 is 2.71 bits per heavy atom. The van der Waals surface area contributed by atoms with Crippen LogP contribution in [-0.4, -0.2) is 19.1 Å². The van der Waals surface area contributed by atoms with Crippen molar-refractivity contribution < 1.29 is 9.53 Å². The van der Waals surface area contributed by atoms with Crippen LogP contribution in [-0.2, 0) is 9.53 Å². The van der Waals surface area contributed by atoms with E-state index in [1.807, 2.05) is 6.07 Å². The van der Waals surface area contributed by atoms with Crippen molar-refractivity contribution in [3.8, 4) is 6.07 Å². The summed E-state index contributed by atoms with van der Waals surface area (Å²) in [5.74, 6) is -0.386. The third kappa shape index (κ3) is 4.96. The van der Waals surface area contributed by atoms with Crippen molar-refractivity contribution in [1.29, 1.82) is 5.26 Å². The first-order valence-corrected chi connectivity index (χ1v) is 5.31. The number of hydrogen-bond donors (Lipinski definition) is 1. The summed E-state index contributed by atoms with van der Waals surface area (Å²) in [6, 6.07) is 8.95. The van der Waals surface area contributed by atoms with Gasteiger partial charge < -0.3 is 10.5 Å². The lowest BCUT2D eigenvalue weighted by Gasteiger charge is -1.99. The number of ether oxygens (including phenoxy) is 1. The zero-order valence-electron chi connectivity index (χ0n) is 9.43. The van der Waals surface area contributed by atoms with Gasteiger partial charge in [-0.3, -0.25) is 0 Å². The van der Waals surface area contributed by atoms with E-state index in [1.54, 1.807) is 30.3 Å². The molecule has 17 heavy (non-hydrogen) atoms. The van der Waals surface area contributed by atoms with Crippen molar-refractivity contribution in [2.75, 3.05) is 13.2 Å². The minimum atomic E-state index is -0.386. The second kappa shape index (κ2) is 7.20. The molecule has 0 radical (unpaired) electrons. The Morgan fingerprint density at radius 1 is 1.41 bits per heavy atom. The summed E-state index contributed by atoms with van der Waals surface area (Å²) in [6.45, 7) is 0.847. The maximum Gasteiger partial charge on any atom is 0.330 e. The third-order valence-corrected chi connectivity index (χ3v) is 2.04. The second-order valence-electron chi connectivity index (χ2n) is 3.38. The molecule has 0 spiro atoms. The third-order valence-electron chi connectivity index (χ3n) is 2.04. The molecule has 1 aromatic rings. The molecular weight excluding hydrogens is 216 g/mol. The molecule has 0 aliphatic rings. The number of nitrogens with zero attached hydrogens (tertiary/aromatic N) is 1. The predicted molar refractivity (Wildman–Crippen MR) is 64.8 cm³/mol. The lowest BCUT2D eigenvalue weighted by molar-refractivity contribution is -0.137. The van der Waals surface area contributed by atoms with Crippen molar-refractivity contribution in [3.05, 3.63) is 41.5 Å². The Labute approximate surface area is 100 Å². The lowest BCUT2D eigenvalue weighted by atomic mass is 10.1. The number of benzene rings is 1. The van der Waals surface area contributed by atoms with Crippen molar-refractivity contribution >= 4 is 12.0 Å². The number of hydrogen-bond acceptors (Lipinski definition) is 4. The largest absolute Gasteiger partial charge is 0.462 e. The van der Waals surface area contributed by atoms with E-state index in [0.29, 0.717) is 25.1 Å². The van der Waals surface area contributed by atoms with E-state index in [4.69, 9.17) is 15.7 Å². The summed E-state index contributed by atoms with van der Waals surface area (Å²) in [5, 5.41) is 8.61. The van der Waals surface area contributed by atoms with Gasteiger partial charge in [0.2, 0.25) is 0 Å². The molecule has 88 valence electrons. The topological polar surface area (TPSA) is 76.1 Å². The monoisotopic (exact) mass is 230 g/mol. The molecule has 0 aliphatic carbocycles. The molecule has 2 N–H and O–H groups in total. The van der Waals surface area contributed by atoms with Gasteiger partial charge in [0, 0.05) is 6.08 Å². The van der Waals surface area contributed by atoms with Crippen LogP contribution in [0.25, 0.3) is 6.08 Å². The number of nitriles is 1. The van der Waals surface area contributed by atoms with Crippen molar-refractivity contribution in [2.45, 2.75) is 6.42 Å². The Morgan fingerprint density at radius 2 is 2.12 bits per heavy atom. The highest BCUT2D eigenvalue weighted by atomic mass is 16.5. The van der Waals surface area contributed by atoms with E-state index in [-0.39, 0.29) is 5.97 Å². The highest BCUT2D eigenvalue weighted by Gasteiger charge is 1.96. The van der Waals surface area contributed by atoms with Gasteiger partial charge in [-0.25, -0.2) is 4.79 Å². The molecule has 0 heterocycles. The molecule has 0 fully saturated rings. The molecule has 0 saturated carbocycles. The maximum absolute atomic E-state index is 11.2. The molecule has 0 atom stereocenters. The van der Waals surface area contributed by atoms with Crippen LogP contribution in [0.1, 0.15) is 17.5 Å². The Balaban J connectivity index is 2.47. The van der Waals surface area contributed by atoms with E-state index >= 15 is 0 Å². The van der Waals surface area contributed by atoms with Crippen LogP contribution in [0.15, 0.2) is 30.3 Å². The summed E-state index contributed by atoms with van der Waals surface area (Å²) >= 11 is 0. The summed E-state index contributed by atoms with van der Waals surface area (Å²) in [5.41, 5.74) is 6.71. The summed E-state index contributed by atoms with van der Waals surface area (Å²) in [7, 11) is 0. The highest BCUT2D eigenvalue weighted by Crippen LogP contribution is 2.05. The maximum atomic E-state index is 11.2. The van der Waals surface area contributed by atoms with Crippen LogP contribution in [0.5, 0.6) is 0 Å². The number of rotatable bonds is 5. The normalized spacial score (nSPS) is 10.1. The summed E-state index contributed by atoms with van der Waals surface area (Å²) in [4.78, 5) is 11.2. The Kier molecular flexibility index (Phi) is 5.49. The van der Waals surface area contributed by atoms with E-state index < -0.39 is 0 Å². The molecular formula is C13H14N2O2. The zero-order chi connectivity index (χ0) is 12.5. The van der Waals surface area contributed by atoms with E-state index in [9.17, 15) is 4.79 Å². The van der Waals surface area contributed by atoms with E-state index in [2.05, 4.69) is 0 Å². The van der Waals surface area contributed by atoms with Crippen LogP contribution in [0, 0.1) is 11.3 Å². The minimum Gasteiger partial charge on any atom is -0.462 e. The average Bonchev–Trinajstić information content (AvgIpc) is 2.37. The van der Waals surface area contributed by atoms with Crippen LogP contribution in [0.2, 0.25) is 0 Å². The SMILES string of the molecule is N#Cc1ccc(/C=C/C(=O)OCCCN)cc1. The highest BCUT2D eigenvalue weighted by molar-refractivity contribution is 5.87. The molecule has 1 aromatic carbocycles. The molecule has 0 unspecified atom stereocenters. The lowest BCUT2D eigenvalue weighted by Crippen LogP contribution is -2.07. The van der Waals surface area contributed by atoms with Gasteiger partial charge in [-0.2, -0.15) is 5.26 Å². The fourth-order valence-corrected chi connectivity index (χ4v) is 1.14. The molecule has 0 saturated heterocycles.